The summed E-state index contributed by atoms with van der Waals surface area (Å²) in [5, 5.41) is 0. The van der Waals surface area contributed by atoms with E-state index in [0.717, 1.165) is 11.1 Å². The number of ether oxygens (including phenoxy) is 1. The van der Waals surface area contributed by atoms with Crippen LogP contribution in [0.4, 0.5) is 0 Å². The fourth-order valence-electron chi connectivity index (χ4n) is 3.05. The zero-order valence-electron chi connectivity index (χ0n) is 13.0. The normalized spacial score (nSPS) is 16.8. The number of Topliss-reactive ketones (excluding diaryl/α,β-unsaturated/α-hetero) is 1. The molecule has 0 amide bonds. The first-order chi connectivity index (χ1) is 11.0. The Balaban J connectivity index is 2.01. The monoisotopic (exact) mass is 311 g/mol. The summed E-state index contributed by atoms with van der Waals surface area (Å²) in [6.07, 6.45) is 0.935. The van der Waals surface area contributed by atoms with Crippen LogP contribution in [0.2, 0.25) is 0 Å². The van der Waals surface area contributed by atoms with E-state index in [1.165, 1.54) is 13.2 Å². The number of ketones is 1. The fraction of sp³-hybridized carbons (Fsp3) is 0.278. The Kier molecular flexibility index (Phi) is 3.86. The summed E-state index contributed by atoms with van der Waals surface area (Å²) in [6.45, 7) is 2.01. The second kappa shape index (κ2) is 5.83. The molecule has 0 aliphatic heterocycles. The molecule has 23 heavy (non-hydrogen) atoms. The van der Waals surface area contributed by atoms with Crippen LogP contribution in [0.15, 0.2) is 35.1 Å². The molecule has 0 spiro atoms. The molecule has 0 saturated heterocycles. The lowest BCUT2D eigenvalue weighted by Crippen LogP contribution is -2.27. The van der Waals surface area contributed by atoms with E-state index in [9.17, 15) is 14.4 Å². The third-order valence-electron chi connectivity index (χ3n) is 4.22. The number of aromatic nitrogens is 1. The smallest absolute Gasteiger partial charge is 0.343 e. The predicted molar refractivity (Wildman–Crippen MR) is 85.0 cm³/mol. The Labute approximate surface area is 133 Å². The van der Waals surface area contributed by atoms with Gasteiger partial charge in [-0.1, -0.05) is 29.8 Å². The van der Waals surface area contributed by atoms with Crippen molar-refractivity contribution in [3.63, 3.8) is 0 Å². The van der Waals surface area contributed by atoms with E-state index in [0.29, 0.717) is 24.1 Å². The second-order valence-electron chi connectivity index (χ2n) is 5.84. The van der Waals surface area contributed by atoms with E-state index in [1.807, 2.05) is 25.1 Å². The molecule has 118 valence electrons. The standard InChI is InChI=1S/C18H17NO4/c1-10-4-3-5-11(6-10)12-7-15-13(16(20)8-12)9-14(17(21)19-15)18(22)23-2/h3-6,9,12H,7-8H2,1-2H3,(H,19,21). The van der Waals surface area contributed by atoms with Gasteiger partial charge in [0.2, 0.25) is 0 Å². The molecule has 1 N–H and O–H groups in total. The van der Waals surface area contributed by atoms with E-state index in [2.05, 4.69) is 15.8 Å². The molecule has 0 saturated carbocycles. The maximum Gasteiger partial charge on any atom is 0.343 e. The van der Waals surface area contributed by atoms with Gasteiger partial charge in [-0.2, -0.15) is 0 Å². The molecule has 1 unspecified atom stereocenters. The predicted octanol–water partition coefficient (Wildman–Crippen LogP) is 2.38. The van der Waals surface area contributed by atoms with Gasteiger partial charge >= 0.3 is 5.97 Å². The molecule has 1 aliphatic carbocycles. The van der Waals surface area contributed by atoms with Crippen molar-refractivity contribution >= 4 is 11.8 Å². The number of rotatable bonds is 2. The Morgan fingerprint density at radius 3 is 2.70 bits per heavy atom. The van der Waals surface area contributed by atoms with Crippen molar-refractivity contribution in [3.05, 3.63) is 68.6 Å². The van der Waals surface area contributed by atoms with Gasteiger partial charge in [0.15, 0.2) is 5.78 Å². The highest BCUT2D eigenvalue weighted by molar-refractivity contribution is 6.01. The highest BCUT2D eigenvalue weighted by atomic mass is 16.5. The van der Waals surface area contributed by atoms with Crippen molar-refractivity contribution < 1.29 is 14.3 Å². The van der Waals surface area contributed by atoms with E-state index in [-0.39, 0.29) is 17.3 Å². The number of pyridine rings is 1. The van der Waals surface area contributed by atoms with Gasteiger partial charge < -0.3 is 9.72 Å². The summed E-state index contributed by atoms with van der Waals surface area (Å²) in [6, 6.07) is 9.38. The molecule has 5 nitrogen and oxygen atoms in total. The number of H-pyrrole nitrogens is 1. The van der Waals surface area contributed by atoms with Gasteiger partial charge in [0.1, 0.15) is 5.56 Å². The summed E-state index contributed by atoms with van der Waals surface area (Å²) >= 11 is 0. The van der Waals surface area contributed by atoms with E-state index in [1.54, 1.807) is 0 Å². The van der Waals surface area contributed by atoms with Gasteiger partial charge in [-0.05, 0) is 30.9 Å². The molecule has 0 radical (unpaired) electrons. The van der Waals surface area contributed by atoms with Crippen LogP contribution in [0.3, 0.4) is 0 Å². The number of carbonyl (C=O) groups excluding carboxylic acids is 2. The molecule has 5 heteroatoms. The van der Waals surface area contributed by atoms with Crippen LogP contribution in [-0.4, -0.2) is 23.8 Å². The largest absolute Gasteiger partial charge is 0.465 e. The average Bonchev–Trinajstić information content (AvgIpc) is 2.53. The van der Waals surface area contributed by atoms with Crippen molar-refractivity contribution in [1.82, 2.24) is 4.98 Å². The minimum Gasteiger partial charge on any atom is -0.465 e. The molecule has 2 aromatic rings. The van der Waals surface area contributed by atoms with E-state index < -0.39 is 11.5 Å². The molecule has 1 aromatic carbocycles. The van der Waals surface area contributed by atoms with Crippen LogP contribution in [0.1, 0.15) is 49.9 Å². The van der Waals surface area contributed by atoms with Crippen LogP contribution in [0.5, 0.6) is 0 Å². The highest BCUT2D eigenvalue weighted by Gasteiger charge is 2.29. The lowest BCUT2D eigenvalue weighted by molar-refractivity contribution is 0.0598. The number of aromatic amines is 1. The number of hydrogen-bond acceptors (Lipinski definition) is 4. The number of benzene rings is 1. The van der Waals surface area contributed by atoms with Gasteiger partial charge in [0.05, 0.1) is 7.11 Å². The van der Waals surface area contributed by atoms with Gasteiger partial charge in [-0.3, -0.25) is 9.59 Å². The number of hydrogen-bond donors (Lipinski definition) is 1. The van der Waals surface area contributed by atoms with Gasteiger partial charge in [-0.15, -0.1) is 0 Å². The van der Waals surface area contributed by atoms with Crippen molar-refractivity contribution in [1.29, 1.82) is 0 Å². The summed E-state index contributed by atoms with van der Waals surface area (Å²) in [5.41, 5.74) is 2.57. The second-order valence-corrected chi connectivity index (χ2v) is 5.84. The van der Waals surface area contributed by atoms with Gasteiger partial charge in [-0.25, -0.2) is 4.79 Å². The first-order valence-corrected chi connectivity index (χ1v) is 7.44. The zero-order valence-corrected chi connectivity index (χ0v) is 13.0. The molecule has 0 bridgehead atoms. The lowest BCUT2D eigenvalue weighted by Gasteiger charge is -2.24. The summed E-state index contributed by atoms with van der Waals surface area (Å²) in [5.74, 6) is -0.767. The van der Waals surface area contributed by atoms with Crippen LogP contribution in [0.25, 0.3) is 0 Å². The highest BCUT2D eigenvalue weighted by Crippen LogP contribution is 2.31. The average molecular weight is 311 g/mol. The Bertz CT molecular complexity index is 850. The van der Waals surface area contributed by atoms with Crippen LogP contribution < -0.4 is 5.56 Å². The number of methoxy groups -OCH3 is 1. The van der Waals surface area contributed by atoms with E-state index in [4.69, 9.17) is 0 Å². The first-order valence-electron chi connectivity index (χ1n) is 7.44. The van der Waals surface area contributed by atoms with Crippen molar-refractivity contribution in [2.45, 2.75) is 25.7 Å². The fourth-order valence-corrected chi connectivity index (χ4v) is 3.05. The van der Waals surface area contributed by atoms with Crippen molar-refractivity contribution in [3.8, 4) is 0 Å². The third-order valence-corrected chi connectivity index (χ3v) is 4.22. The van der Waals surface area contributed by atoms with Gasteiger partial charge in [0, 0.05) is 17.7 Å². The molecule has 0 fully saturated rings. The number of esters is 1. The van der Waals surface area contributed by atoms with Gasteiger partial charge in [0.25, 0.3) is 5.56 Å². The maximum absolute atomic E-state index is 12.5. The summed E-state index contributed by atoms with van der Waals surface area (Å²) in [4.78, 5) is 38.8. The quantitative estimate of drug-likeness (QED) is 0.864. The third kappa shape index (κ3) is 2.82. The molecular weight excluding hydrogens is 294 g/mol. The topological polar surface area (TPSA) is 76.2 Å². The Morgan fingerprint density at radius 2 is 2.00 bits per heavy atom. The number of fused-ring (bicyclic) bond motifs is 1. The number of aryl methyl sites for hydroxylation is 1. The molecule has 3 rings (SSSR count). The SMILES string of the molecule is COC(=O)c1cc2c([nH]c1=O)CC(c1cccc(C)c1)CC2=O. The Hall–Kier alpha value is -2.69. The van der Waals surface area contributed by atoms with Crippen LogP contribution in [0, 0.1) is 6.92 Å². The Morgan fingerprint density at radius 1 is 1.22 bits per heavy atom. The molecular formula is C18H17NO4. The molecule has 1 heterocycles. The number of carbonyl (C=O) groups is 2. The molecule has 1 aliphatic rings. The minimum absolute atomic E-state index is 0.0366. The lowest BCUT2D eigenvalue weighted by atomic mass is 9.81. The summed E-state index contributed by atoms with van der Waals surface area (Å²) < 4.78 is 4.58. The minimum atomic E-state index is -0.734. The first kappa shape index (κ1) is 15.2. The van der Waals surface area contributed by atoms with Crippen molar-refractivity contribution in [2.75, 3.05) is 7.11 Å². The van der Waals surface area contributed by atoms with Crippen LogP contribution >= 0.6 is 0 Å². The van der Waals surface area contributed by atoms with Crippen molar-refractivity contribution in [2.24, 2.45) is 0 Å². The molecule has 1 aromatic heterocycles. The molecule has 1 atom stereocenters. The van der Waals surface area contributed by atoms with E-state index >= 15 is 0 Å². The zero-order chi connectivity index (χ0) is 16.6. The number of nitrogens with one attached hydrogen (secondary N) is 1. The maximum atomic E-state index is 12.5. The van der Waals surface area contributed by atoms with Crippen LogP contribution in [-0.2, 0) is 11.2 Å². The summed E-state index contributed by atoms with van der Waals surface area (Å²) in [7, 11) is 1.21.